The van der Waals surface area contributed by atoms with Gasteiger partial charge in [-0.05, 0) is 30.4 Å². The summed E-state index contributed by atoms with van der Waals surface area (Å²) in [7, 11) is 0. The third-order valence-electron chi connectivity index (χ3n) is 2.02. The molecule has 0 aliphatic carbocycles. The van der Waals surface area contributed by atoms with Crippen LogP contribution in [0, 0.1) is 0 Å². The maximum absolute atomic E-state index is 8.62. The first-order chi connectivity index (χ1) is 7.79. The van der Waals surface area contributed by atoms with Crippen molar-refractivity contribution in [3.63, 3.8) is 0 Å². The van der Waals surface area contributed by atoms with Crippen molar-refractivity contribution in [1.82, 2.24) is 10.5 Å². The Hall–Kier alpha value is -1.66. The van der Waals surface area contributed by atoms with Crippen molar-refractivity contribution < 1.29 is 9.63 Å². The number of rotatable bonds is 3. The predicted molar refractivity (Wildman–Crippen MR) is 65.3 cm³/mol. The second-order valence-corrected chi connectivity index (χ2v) is 3.60. The van der Waals surface area contributed by atoms with Crippen molar-refractivity contribution in [3.05, 3.63) is 24.5 Å². The van der Waals surface area contributed by atoms with E-state index in [4.69, 9.17) is 21.8 Å². The summed E-state index contributed by atoms with van der Waals surface area (Å²) in [4.78, 5) is 0. The first-order valence-corrected chi connectivity index (χ1v) is 5.20. The largest absolute Gasteiger partial charge is 0.395 e. The van der Waals surface area contributed by atoms with Gasteiger partial charge in [0.25, 0.3) is 0 Å². The Kier molecular flexibility index (Phi) is 3.33. The Morgan fingerprint density at radius 3 is 3.19 bits per heavy atom. The maximum atomic E-state index is 8.62. The predicted octanol–water partition coefficient (Wildman–Crippen LogP) is 1.11. The van der Waals surface area contributed by atoms with Crippen molar-refractivity contribution >= 4 is 33.9 Å². The lowest BCUT2D eigenvalue weighted by Crippen LogP contribution is -2.30. The topological polar surface area (TPSA) is 70.3 Å². The summed E-state index contributed by atoms with van der Waals surface area (Å²) >= 11 is 5.03. The Morgan fingerprint density at radius 2 is 2.38 bits per heavy atom. The highest BCUT2D eigenvalue weighted by atomic mass is 32.1. The van der Waals surface area contributed by atoms with Gasteiger partial charge in [-0.2, -0.15) is 0 Å². The van der Waals surface area contributed by atoms with Crippen molar-refractivity contribution in [2.24, 2.45) is 0 Å². The van der Waals surface area contributed by atoms with Crippen LogP contribution in [0.15, 0.2) is 29.0 Å². The standard InChI is InChI=1S/C10H11N3O2S/c14-4-3-11-10(16)12-8-2-1-7-6-15-13-9(7)5-8/h1-2,5-6,14H,3-4H2,(H2,11,12,16). The minimum absolute atomic E-state index is 0.0458. The normalized spacial score (nSPS) is 10.3. The molecule has 1 aromatic heterocycles. The minimum atomic E-state index is 0.0458. The van der Waals surface area contributed by atoms with Crippen molar-refractivity contribution in [3.8, 4) is 0 Å². The minimum Gasteiger partial charge on any atom is -0.395 e. The van der Waals surface area contributed by atoms with Gasteiger partial charge in [-0.25, -0.2) is 0 Å². The van der Waals surface area contributed by atoms with Crippen LogP contribution < -0.4 is 10.6 Å². The number of hydrogen-bond acceptors (Lipinski definition) is 4. The lowest BCUT2D eigenvalue weighted by Gasteiger charge is -2.08. The van der Waals surface area contributed by atoms with Crippen molar-refractivity contribution in [2.45, 2.75) is 0 Å². The summed E-state index contributed by atoms with van der Waals surface area (Å²) in [5.74, 6) is 0. The zero-order valence-corrected chi connectivity index (χ0v) is 9.25. The zero-order chi connectivity index (χ0) is 11.4. The highest BCUT2D eigenvalue weighted by molar-refractivity contribution is 7.80. The van der Waals surface area contributed by atoms with Gasteiger partial charge in [-0.1, -0.05) is 5.16 Å². The molecule has 0 fully saturated rings. The van der Waals surface area contributed by atoms with Crippen LogP contribution in [0.2, 0.25) is 0 Å². The van der Waals surface area contributed by atoms with E-state index in [-0.39, 0.29) is 6.61 Å². The molecule has 1 aromatic carbocycles. The summed E-state index contributed by atoms with van der Waals surface area (Å²) in [5.41, 5.74) is 1.60. The average Bonchev–Trinajstić information content (AvgIpc) is 2.73. The van der Waals surface area contributed by atoms with Crippen LogP contribution in [-0.4, -0.2) is 28.5 Å². The number of aliphatic hydroxyl groups excluding tert-OH is 1. The van der Waals surface area contributed by atoms with E-state index in [2.05, 4.69) is 15.8 Å². The van der Waals surface area contributed by atoms with Crippen LogP contribution in [0.3, 0.4) is 0 Å². The molecule has 2 aromatic rings. The second-order valence-electron chi connectivity index (χ2n) is 3.19. The van der Waals surface area contributed by atoms with E-state index in [0.29, 0.717) is 11.7 Å². The molecular weight excluding hydrogens is 226 g/mol. The Morgan fingerprint density at radius 1 is 1.50 bits per heavy atom. The molecule has 6 heteroatoms. The molecule has 0 spiro atoms. The average molecular weight is 237 g/mol. The van der Waals surface area contributed by atoms with Crippen LogP contribution >= 0.6 is 12.2 Å². The number of aliphatic hydroxyl groups is 1. The summed E-state index contributed by atoms with van der Waals surface area (Å²) in [6.45, 7) is 0.474. The monoisotopic (exact) mass is 237 g/mol. The number of fused-ring (bicyclic) bond motifs is 1. The van der Waals surface area contributed by atoms with Crippen molar-refractivity contribution in [1.29, 1.82) is 0 Å². The Bertz CT molecular complexity index is 498. The quantitative estimate of drug-likeness (QED) is 0.695. The molecule has 0 unspecified atom stereocenters. The van der Waals surface area contributed by atoms with Gasteiger partial charge in [-0.15, -0.1) is 0 Å². The SMILES string of the molecule is OCCNC(=S)Nc1ccc2conc2c1. The number of thiocarbonyl (C=S) groups is 1. The number of nitrogens with one attached hydrogen (secondary N) is 2. The third-order valence-corrected chi connectivity index (χ3v) is 2.26. The van der Waals surface area contributed by atoms with E-state index in [9.17, 15) is 0 Å². The Labute approximate surface area is 97.4 Å². The van der Waals surface area contributed by atoms with E-state index in [0.717, 1.165) is 16.6 Å². The molecule has 0 saturated heterocycles. The van der Waals surface area contributed by atoms with Gasteiger partial charge < -0.3 is 20.3 Å². The summed E-state index contributed by atoms with van der Waals surface area (Å²) in [6.07, 6.45) is 1.58. The molecule has 0 bridgehead atoms. The van der Waals surface area contributed by atoms with Gasteiger partial charge in [0.2, 0.25) is 0 Å². The molecule has 0 aliphatic rings. The lowest BCUT2D eigenvalue weighted by atomic mass is 10.2. The number of nitrogens with zero attached hydrogens (tertiary/aromatic N) is 1. The molecular formula is C10H11N3O2S. The smallest absolute Gasteiger partial charge is 0.170 e. The number of hydrogen-bond donors (Lipinski definition) is 3. The van der Waals surface area contributed by atoms with Crippen molar-refractivity contribution in [2.75, 3.05) is 18.5 Å². The fourth-order valence-electron chi connectivity index (χ4n) is 1.28. The van der Waals surface area contributed by atoms with Crippen LogP contribution in [0.5, 0.6) is 0 Å². The van der Waals surface area contributed by atoms with E-state index in [1.807, 2.05) is 18.2 Å². The first kappa shape index (κ1) is 10.8. The number of benzene rings is 1. The van der Waals surface area contributed by atoms with E-state index >= 15 is 0 Å². The van der Waals surface area contributed by atoms with Crippen LogP contribution in [-0.2, 0) is 0 Å². The highest BCUT2D eigenvalue weighted by Crippen LogP contribution is 2.17. The zero-order valence-electron chi connectivity index (χ0n) is 8.43. The molecule has 0 amide bonds. The van der Waals surface area contributed by atoms with Gasteiger partial charge in [0.15, 0.2) is 5.11 Å². The number of anilines is 1. The fraction of sp³-hybridized carbons (Fsp3) is 0.200. The van der Waals surface area contributed by atoms with E-state index in [1.165, 1.54) is 0 Å². The summed E-state index contributed by atoms with van der Waals surface area (Å²) in [6, 6.07) is 5.61. The van der Waals surface area contributed by atoms with Gasteiger partial charge in [0, 0.05) is 17.6 Å². The van der Waals surface area contributed by atoms with E-state index < -0.39 is 0 Å². The third kappa shape index (κ3) is 2.47. The van der Waals surface area contributed by atoms with Crippen LogP contribution in [0.25, 0.3) is 10.9 Å². The molecule has 2 rings (SSSR count). The van der Waals surface area contributed by atoms with E-state index in [1.54, 1.807) is 6.26 Å². The number of aromatic nitrogens is 1. The molecule has 0 radical (unpaired) electrons. The van der Waals surface area contributed by atoms with Gasteiger partial charge in [-0.3, -0.25) is 0 Å². The summed E-state index contributed by atoms with van der Waals surface area (Å²) in [5, 5.41) is 19.7. The fourth-order valence-corrected chi connectivity index (χ4v) is 1.50. The molecule has 0 saturated carbocycles. The van der Waals surface area contributed by atoms with Gasteiger partial charge >= 0.3 is 0 Å². The van der Waals surface area contributed by atoms with Gasteiger partial charge in [0.05, 0.1) is 6.61 Å². The molecule has 3 N–H and O–H groups in total. The summed E-state index contributed by atoms with van der Waals surface area (Å²) < 4.78 is 4.83. The molecule has 84 valence electrons. The van der Waals surface area contributed by atoms with Gasteiger partial charge in [0.1, 0.15) is 11.8 Å². The molecule has 0 atom stereocenters. The molecule has 1 heterocycles. The highest BCUT2D eigenvalue weighted by Gasteiger charge is 2.01. The van der Waals surface area contributed by atoms with Crippen LogP contribution in [0.4, 0.5) is 5.69 Å². The molecule has 5 nitrogen and oxygen atoms in total. The van der Waals surface area contributed by atoms with Crippen LogP contribution in [0.1, 0.15) is 0 Å². The lowest BCUT2D eigenvalue weighted by molar-refractivity contribution is 0.301. The second kappa shape index (κ2) is 4.91. The first-order valence-electron chi connectivity index (χ1n) is 4.79. The maximum Gasteiger partial charge on any atom is 0.170 e. The Balaban J connectivity index is 2.06. The molecule has 0 aliphatic heterocycles. The molecule has 16 heavy (non-hydrogen) atoms.